The molecule has 2 saturated heterocycles. The first kappa shape index (κ1) is 15.0. The number of ether oxygens (including phenoxy) is 2. The third-order valence-corrected chi connectivity index (χ3v) is 4.96. The lowest BCUT2D eigenvalue weighted by Gasteiger charge is -2.49. The number of benzene rings is 1. The van der Waals surface area contributed by atoms with E-state index in [0.29, 0.717) is 6.54 Å². The van der Waals surface area contributed by atoms with E-state index in [1.54, 1.807) is 0 Å². The summed E-state index contributed by atoms with van der Waals surface area (Å²) in [6.45, 7) is 8.43. The Morgan fingerprint density at radius 3 is 2.38 bits per heavy atom. The van der Waals surface area contributed by atoms with Gasteiger partial charge in [0.25, 0.3) is 0 Å². The van der Waals surface area contributed by atoms with Crippen molar-refractivity contribution in [1.29, 1.82) is 0 Å². The average Bonchev–Trinajstić information content (AvgIpc) is 2.83. The molecule has 1 aromatic rings. The summed E-state index contributed by atoms with van der Waals surface area (Å²) < 4.78 is 11.8. The second-order valence-electron chi connectivity index (χ2n) is 6.78. The van der Waals surface area contributed by atoms with E-state index < -0.39 is 5.79 Å². The molecule has 3 rings (SSSR count). The number of quaternary nitrogens is 1. The summed E-state index contributed by atoms with van der Waals surface area (Å²) >= 11 is 0. The maximum Gasteiger partial charge on any atom is 0.164 e. The lowest BCUT2D eigenvalue weighted by Crippen LogP contribution is -2.53. The molecule has 5 atom stereocenters. The number of likely N-dealkylation sites (tertiary alicyclic amines) is 1. The minimum atomic E-state index is -0.574. The number of hydrogen-bond donors (Lipinski definition) is 0. The normalized spacial score (nSPS) is 41.2. The lowest BCUT2D eigenvalue weighted by molar-refractivity contribution is -0.931. The van der Waals surface area contributed by atoms with Crippen molar-refractivity contribution in [2.24, 2.45) is 0 Å². The van der Waals surface area contributed by atoms with Crippen LogP contribution in [0.3, 0.4) is 0 Å². The first-order valence-electron chi connectivity index (χ1n) is 7.85. The van der Waals surface area contributed by atoms with Crippen LogP contribution in [0.5, 0.6) is 0 Å². The van der Waals surface area contributed by atoms with Gasteiger partial charge in [0.1, 0.15) is 30.8 Å². The zero-order valence-corrected chi connectivity index (χ0v) is 13.3. The van der Waals surface area contributed by atoms with Gasteiger partial charge in [0.2, 0.25) is 0 Å². The van der Waals surface area contributed by atoms with E-state index in [1.807, 2.05) is 51.1 Å². The van der Waals surface area contributed by atoms with Crippen LogP contribution in [0.15, 0.2) is 30.3 Å². The molecule has 0 bridgehead atoms. The molecule has 0 N–H and O–H groups in total. The molecule has 4 nitrogen and oxygen atoms in total. The maximum atomic E-state index is 13.6. The zero-order valence-electron chi connectivity index (χ0n) is 13.3. The van der Waals surface area contributed by atoms with E-state index in [-0.39, 0.29) is 28.9 Å². The summed E-state index contributed by atoms with van der Waals surface area (Å²) in [5, 5.41) is 13.6. The van der Waals surface area contributed by atoms with Crippen molar-refractivity contribution in [2.75, 3.05) is 0 Å². The number of nitrogens with zero attached hydrogens (tertiary/aromatic N) is 1. The van der Waals surface area contributed by atoms with Gasteiger partial charge in [-0.25, -0.2) is 0 Å². The minimum absolute atomic E-state index is 0.0630. The summed E-state index contributed by atoms with van der Waals surface area (Å²) in [5.74, 6) is -0.574. The van der Waals surface area contributed by atoms with Gasteiger partial charge in [0.15, 0.2) is 5.79 Å². The lowest BCUT2D eigenvalue weighted by atomic mass is 10.1. The first-order chi connectivity index (χ1) is 9.87. The Balaban J connectivity index is 1.89. The standard InChI is InChI=1S/C17H25NO3/c1-5-14-16-15(20-17(3,4)21-16)12(2)18(14,19)11-13-9-7-6-8-10-13/h6-10,12,14-16H,5,11H2,1-4H3/t12-,14+,15-,16+,18?/m1/s1. The third-order valence-electron chi connectivity index (χ3n) is 4.96. The largest absolute Gasteiger partial charge is 0.632 e. The Bertz CT molecular complexity index is 504. The molecular weight excluding hydrogens is 266 g/mol. The van der Waals surface area contributed by atoms with E-state index in [4.69, 9.17) is 9.47 Å². The highest BCUT2D eigenvalue weighted by Crippen LogP contribution is 2.46. The van der Waals surface area contributed by atoms with Crippen molar-refractivity contribution in [2.45, 2.75) is 70.7 Å². The molecule has 0 spiro atoms. The van der Waals surface area contributed by atoms with E-state index >= 15 is 0 Å². The van der Waals surface area contributed by atoms with Crippen LogP contribution in [0.25, 0.3) is 0 Å². The van der Waals surface area contributed by atoms with Crippen LogP contribution in [-0.2, 0) is 16.0 Å². The van der Waals surface area contributed by atoms with Gasteiger partial charge in [-0.2, -0.15) is 0 Å². The highest BCUT2D eigenvalue weighted by molar-refractivity contribution is 5.14. The van der Waals surface area contributed by atoms with Gasteiger partial charge in [0, 0.05) is 5.56 Å². The second-order valence-corrected chi connectivity index (χ2v) is 6.78. The van der Waals surface area contributed by atoms with Crippen molar-refractivity contribution in [3.8, 4) is 0 Å². The number of hydrogen-bond acceptors (Lipinski definition) is 3. The minimum Gasteiger partial charge on any atom is -0.632 e. The van der Waals surface area contributed by atoms with Gasteiger partial charge in [-0.05, 0) is 27.2 Å². The quantitative estimate of drug-likeness (QED) is 0.634. The van der Waals surface area contributed by atoms with Crippen LogP contribution in [0.1, 0.15) is 39.7 Å². The van der Waals surface area contributed by atoms with Gasteiger partial charge in [-0.3, -0.25) is 0 Å². The van der Waals surface area contributed by atoms with Crippen LogP contribution >= 0.6 is 0 Å². The summed E-state index contributed by atoms with van der Waals surface area (Å²) in [5.41, 5.74) is 1.08. The van der Waals surface area contributed by atoms with E-state index in [1.165, 1.54) is 0 Å². The van der Waals surface area contributed by atoms with Gasteiger partial charge in [0.05, 0.1) is 0 Å². The molecule has 0 amide bonds. The van der Waals surface area contributed by atoms with Crippen molar-refractivity contribution in [1.82, 2.24) is 0 Å². The van der Waals surface area contributed by atoms with Crippen LogP contribution in [0.2, 0.25) is 0 Å². The predicted octanol–water partition coefficient (Wildman–Crippen LogP) is 3.20. The van der Waals surface area contributed by atoms with Crippen LogP contribution in [0.4, 0.5) is 0 Å². The SMILES string of the molecule is CC[C@H]1[C@@H]2OC(C)(C)O[C@@H]2[C@@H](C)[N+]1([O-])Cc1ccccc1. The molecule has 116 valence electrons. The molecule has 0 saturated carbocycles. The third kappa shape index (κ3) is 2.40. The van der Waals surface area contributed by atoms with E-state index in [2.05, 4.69) is 6.92 Å². The van der Waals surface area contributed by atoms with E-state index in [0.717, 1.165) is 12.0 Å². The molecule has 0 aromatic heterocycles. The average molecular weight is 291 g/mol. The molecular formula is C17H25NO3. The van der Waals surface area contributed by atoms with Crippen molar-refractivity contribution in [3.05, 3.63) is 41.1 Å². The Morgan fingerprint density at radius 2 is 1.76 bits per heavy atom. The molecule has 2 fully saturated rings. The number of fused-ring (bicyclic) bond motifs is 1. The first-order valence-corrected chi connectivity index (χ1v) is 7.85. The van der Waals surface area contributed by atoms with Gasteiger partial charge in [-0.1, -0.05) is 37.3 Å². The molecule has 2 heterocycles. The van der Waals surface area contributed by atoms with Crippen molar-refractivity contribution in [3.63, 3.8) is 0 Å². The smallest absolute Gasteiger partial charge is 0.164 e. The highest BCUT2D eigenvalue weighted by atomic mass is 16.8. The van der Waals surface area contributed by atoms with Crippen LogP contribution in [0, 0.1) is 5.21 Å². The number of rotatable bonds is 3. The Kier molecular flexibility index (Phi) is 3.61. The fraction of sp³-hybridized carbons (Fsp3) is 0.647. The summed E-state index contributed by atoms with van der Waals surface area (Å²) in [4.78, 5) is 0. The number of hydroxylamine groups is 3. The topological polar surface area (TPSA) is 41.5 Å². The zero-order chi connectivity index (χ0) is 15.3. The van der Waals surface area contributed by atoms with Gasteiger partial charge >= 0.3 is 0 Å². The predicted molar refractivity (Wildman–Crippen MR) is 81.1 cm³/mol. The maximum absolute atomic E-state index is 13.6. The van der Waals surface area contributed by atoms with Crippen LogP contribution < -0.4 is 0 Å². The molecule has 1 unspecified atom stereocenters. The molecule has 2 aliphatic rings. The fourth-order valence-electron chi connectivity index (χ4n) is 3.96. The molecule has 1 aromatic carbocycles. The monoisotopic (exact) mass is 291 g/mol. The Morgan fingerprint density at radius 1 is 1.14 bits per heavy atom. The molecule has 21 heavy (non-hydrogen) atoms. The molecule has 0 aliphatic carbocycles. The Hall–Kier alpha value is -0.940. The van der Waals surface area contributed by atoms with Crippen molar-refractivity contribution < 1.29 is 14.1 Å². The highest BCUT2D eigenvalue weighted by Gasteiger charge is 2.61. The molecule has 0 radical (unpaired) electrons. The second kappa shape index (κ2) is 5.06. The van der Waals surface area contributed by atoms with Gasteiger partial charge < -0.3 is 19.3 Å². The van der Waals surface area contributed by atoms with E-state index in [9.17, 15) is 5.21 Å². The molecule has 4 heteroatoms. The summed E-state index contributed by atoms with van der Waals surface area (Å²) in [7, 11) is 0. The van der Waals surface area contributed by atoms with Crippen LogP contribution in [-0.4, -0.2) is 34.7 Å². The van der Waals surface area contributed by atoms with Gasteiger partial charge in [-0.15, -0.1) is 0 Å². The Labute approximate surface area is 126 Å². The molecule has 2 aliphatic heterocycles. The van der Waals surface area contributed by atoms with Crippen molar-refractivity contribution >= 4 is 0 Å². The summed E-state index contributed by atoms with van der Waals surface area (Å²) in [6, 6.07) is 9.83. The fourth-order valence-corrected chi connectivity index (χ4v) is 3.96. The summed E-state index contributed by atoms with van der Waals surface area (Å²) in [6.07, 6.45) is 0.605.